The van der Waals surface area contributed by atoms with Crippen molar-refractivity contribution < 1.29 is 13.2 Å². The summed E-state index contributed by atoms with van der Waals surface area (Å²) in [7, 11) is 1.57. The third-order valence-corrected chi connectivity index (χ3v) is 7.73. The van der Waals surface area contributed by atoms with Crippen LogP contribution in [-0.4, -0.2) is 53.3 Å². The summed E-state index contributed by atoms with van der Waals surface area (Å²) in [5.74, 6) is 0.0388. The number of unbranched alkanes of at least 4 members (excludes halogenated alkanes) is 1. The molecule has 0 radical (unpaired) electrons. The second-order valence-electron chi connectivity index (χ2n) is 7.67. The molecule has 0 spiro atoms. The lowest BCUT2D eigenvalue weighted by atomic mass is 10.0. The summed E-state index contributed by atoms with van der Waals surface area (Å²) in [5.41, 5.74) is 2.84. The fourth-order valence-electron chi connectivity index (χ4n) is 3.58. The van der Waals surface area contributed by atoms with Gasteiger partial charge in [0, 0.05) is 37.6 Å². The number of anilines is 2. The molecule has 162 valence electrons. The Balaban J connectivity index is 1.45. The molecule has 0 aliphatic carbocycles. The van der Waals surface area contributed by atoms with Crippen LogP contribution in [-0.2, 0) is 16.6 Å². The van der Waals surface area contributed by atoms with E-state index in [1.165, 1.54) is 22.7 Å². The zero-order valence-corrected chi connectivity index (χ0v) is 19.2. The average molecular weight is 450 g/mol. The van der Waals surface area contributed by atoms with Crippen molar-refractivity contribution in [3.8, 4) is 0 Å². The Hall–Kier alpha value is -2.09. The Bertz CT molecular complexity index is 1030. The number of hydrogen-bond acceptors (Lipinski definition) is 4. The van der Waals surface area contributed by atoms with E-state index in [4.69, 9.17) is 11.6 Å². The van der Waals surface area contributed by atoms with Gasteiger partial charge in [0.05, 0.1) is 11.4 Å². The molecule has 2 aromatic rings. The molecular weight excluding hydrogens is 422 g/mol. The molecule has 1 aliphatic heterocycles. The Morgan fingerprint density at radius 2 is 1.70 bits per heavy atom. The normalized spacial score (nSPS) is 15.0. The van der Waals surface area contributed by atoms with Crippen LogP contribution >= 0.6 is 11.6 Å². The molecule has 6 nitrogen and oxygen atoms in total. The van der Waals surface area contributed by atoms with Crippen molar-refractivity contribution in [3.63, 3.8) is 0 Å². The second-order valence-corrected chi connectivity index (χ2v) is 10.1. The van der Waals surface area contributed by atoms with Gasteiger partial charge in [0.1, 0.15) is 0 Å². The highest BCUT2D eigenvalue weighted by Gasteiger charge is 2.35. The second kappa shape index (κ2) is 9.37. The van der Waals surface area contributed by atoms with Crippen LogP contribution in [0.1, 0.15) is 35.2 Å². The molecule has 0 saturated carbocycles. The van der Waals surface area contributed by atoms with Gasteiger partial charge < -0.3 is 4.90 Å². The van der Waals surface area contributed by atoms with Crippen molar-refractivity contribution >= 4 is 39.0 Å². The quantitative estimate of drug-likeness (QED) is 0.429. The molecule has 3 rings (SSSR count). The summed E-state index contributed by atoms with van der Waals surface area (Å²) in [5, 5.41) is 0.801. The molecular formula is C22H28ClN3O3S. The highest BCUT2D eigenvalue weighted by atomic mass is 35.5. The number of benzene rings is 2. The summed E-state index contributed by atoms with van der Waals surface area (Å²) < 4.78 is 26.9. The molecule has 0 bridgehead atoms. The molecule has 0 unspecified atom stereocenters. The minimum Gasteiger partial charge on any atom is -0.306 e. The topological polar surface area (TPSA) is 60.9 Å². The smallest absolute Gasteiger partial charge is 0.306 e. The number of nitrogens with zero attached hydrogens (tertiary/aromatic N) is 3. The minimum absolute atomic E-state index is 0.0388. The van der Waals surface area contributed by atoms with Gasteiger partial charge in [-0.3, -0.25) is 13.4 Å². The zero-order valence-electron chi connectivity index (χ0n) is 17.6. The first-order chi connectivity index (χ1) is 14.2. The van der Waals surface area contributed by atoms with Crippen LogP contribution in [0.25, 0.3) is 0 Å². The van der Waals surface area contributed by atoms with E-state index in [-0.39, 0.29) is 5.78 Å². The van der Waals surface area contributed by atoms with E-state index in [1.807, 2.05) is 24.3 Å². The lowest BCUT2D eigenvalue weighted by Crippen LogP contribution is -2.32. The number of carbonyl (C=O) groups is 1. The summed E-state index contributed by atoms with van der Waals surface area (Å²) >= 11 is 6.20. The standard InChI is InChI=1S/C22H28ClN3O3S/c1-24(15-13-17-8-4-5-9-19(17)23)14-7-6-10-22(27)18-11-12-20-21(16-18)26(3)30(28,29)25(20)2/h4-5,8-9,11-12,16H,6-7,10,13-15H2,1-3H3. The van der Waals surface area contributed by atoms with Crippen LogP contribution < -0.4 is 8.61 Å². The molecule has 30 heavy (non-hydrogen) atoms. The first kappa shape index (κ1) is 22.6. The number of fused-ring (bicyclic) bond motifs is 1. The van der Waals surface area contributed by atoms with E-state index in [2.05, 4.69) is 11.9 Å². The van der Waals surface area contributed by atoms with Gasteiger partial charge >= 0.3 is 10.2 Å². The van der Waals surface area contributed by atoms with Crippen LogP contribution in [0.3, 0.4) is 0 Å². The van der Waals surface area contributed by atoms with Crippen molar-refractivity contribution in [3.05, 3.63) is 58.6 Å². The van der Waals surface area contributed by atoms with Crippen molar-refractivity contribution in [1.29, 1.82) is 0 Å². The number of carbonyl (C=O) groups excluding carboxylic acids is 1. The molecule has 0 atom stereocenters. The number of Topliss-reactive ketones (excluding diaryl/α,β-unsaturated/α-hetero) is 1. The zero-order chi connectivity index (χ0) is 21.9. The third-order valence-electron chi connectivity index (χ3n) is 5.58. The Labute approximate surface area is 184 Å². The van der Waals surface area contributed by atoms with Crippen LogP contribution in [0, 0.1) is 0 Å². The number of rotatable bonds is 9. The first-order valence-corrected chi connectivity index (χ1v) is 11.8. The van der Waals surface area contributed by atoms with E-state index in [1.54, 1.807) is 18.2 Å². The Kier molecular flexibility index (Phi) is 7.06. The molecule has 1 heterocycles. The summed E-state index contributed by atoms with van der Waals surface area (Å²) in [6.45, 7) is 1.82. The van der Waals surface area contributed by atoms with Crippen LogP contribution in [0.4, 0.5) is 11.4 Å². The van der Waals surface area contributed by atoms with E-state index in [9.17, 15) is 13.2 Å². The van der Waals surface area contributed by atoms with E-state index < -0.39 is 10.2 Å². The van der Waals surface area contributed by atoms with Gasteiger partial charge in [-0.15, -0.1) is 0 Å². The van der Waals surface area contributed by atoms with Crippen molar-refractivity contribution in [1.82, 2.24) is 4.90 Å². The molecule has 0 fully saturated rings. The number of halogens is 1. The largest absolute Gasteiger partial charge is 0.326 e. The van der Waals surface area contributed by atoms with E-state index in [0.717, 1.165) is 42.9 Å². The minimum atomic E-state index is -3.52. The maximum absolute atomic E-state index is 12.6. The number of likely N-dealkylation sites (N-methyl/N-ethyl adjacent to an activating group) is 1. The van der Waals surface area contributed by atoms with Crippen LogP contribution in [0.5, 0.6) is 0 Å². The van der Waals surface area contributed by atoms with Gasteiger partial charge in [-0.2, -0.15) is 8.42 Å². The molecule has 8 heteroatoms. The fourth-order valence-corrected chi connectivity index (χ4v) is 4.98. The Morgan fingerprint density at radius 1 is 1.00 bits per heavy atom. The molecule has 0 amide bonds. The van der Waals surface area contributed by atoms with Gasteiger partial charge in [0.15, 0.2) is 5.78 Å². The lowest BCUT2D eigenvalue weighted by Gasteiger charge is -2.16. The van der Waals surface area contributed by atoms with Gasteiger partial charge in [-0.25, -0.2) is 0 Å². The molecule has 0 saturated heterocycles. The maximum atomic E-state index is 12.6. The van der Waals surface area contributed by atoms with Crippen molar-refractivity contribution in [2.45, 2.75) is 25.7 Å². The predicted octanol–water partition coefficient (Wildman–Crippen LogP) is 4.00. The fraction of sp³-hybridized carbons (Fsp3) is 0.409. The van der Waals surface area contributed by atoms with E-state index >= 15 is 0 Å². The van der Waals surface area contributed by atoms with Crippen LogP contribution in [0.2, 0.25) is 5.02 Å². The maximum Gasteiger partial charge on any atom is 0.326 e. The molecule has 0 N–H and O–H groups in total. The third kappa shape index (κ3) is 4.79. The molecule has 2 aromatic carbocycles. The monoisotopic (exact) mass is 449 g/mol. The lowest BCUT2D eigenvalue weighted by molar-refractivity contribution is 0.0978. The Morgan fingerprint density at radius 3 is 2.43 bits per heavy atom. The van der Waals surface area contributed by atoms with Crippen LogP contribution in [0.15, 0.2) is 42.5 Å². The predicted molar refractivity (Wildman–Crippen MR) is 123 cm³/mol. The van der Waals surface area contributed by atoms with E-state index in [0.29, 0.717) is 23.4 Å². The molecule has 1 aliphatic rings. The number of hydrogen-bond donors (Lipinski definition) is 0. The van der Waals surface area contributed by atoms with Gasteiger partial charge in [-0.1, -0.05) is 29.8 Å². The highest BCUT2D eigenvalue weighted by molar-refractivity contribution is 7.94. The molecule has 0 aromatic heterocycles. The van der Waals surface area contributed by atoms with Gasteiger partial charge in [0.2, 0.25) is 0 Å². The SMILES string of the molecule is CN(CCCCC(=O)c1ccc2c(c1)N(C)S(=O)(=O)N2C)CCc1ccccc1Cl. The van der Waals surface area contributed by atoms with Crippen molar-refractivity contribution in [2.24, 2.45) is 0 Å². The first-order valence-electron chi connectivity index (χ1n) is 10.0. The van der Waals surface area contributed by atoms with Crippen molar-refractivity contribution in [2.75, 3.05) is 42.8 Å². The highest BCUT2D eigenvalue weighted by Crippen LogP contribution is 2.39. The summed E-state index contributed by atoms with van der Waals surface area (Å²) in [4.78, 5) is 14.8. The summed E-state index contributed by atoms with van der Waals surface area (Å²) in [6.07, 6.45) is 3.06. The summed E-state index contributed by atoms with van der Waals surface area (Å²) in [6, 6.07) is 13.0. The average Bonchev–Trinajstić information content (AvgIpc) is 2.90. The number of ketones is 1. The van der Waals surface area contributed by atoms with Gasteiger partial charge in [-0.05, 0) is 62.7 Å². The van der Waals surface area contributed by atoms with Gasteiger partial charge in [0.25, 0.3) is 0 Å².